The van der Waals surface area contributed by atoms with Gasteiger partial charge in [0.05, 0.1) is 15.5 Å². The van der Waals surface area contributed by atoms with E-state index in [0.29, 0.717) is 13.0 Å². The number of nitrogens with one attached hydrogen (secondary N) is 1. The first-order chi connectivity index (χ1) is 18.6. The zero-order valence-electron chi connectivity index (χ0n) is 22.1. The molecule has 0 fully saturated rings. The predicted octanol–water partition coefficient (Wildman–Crippen LogP) is 4.04. The Kier molecular flexibility index (Phi) is 9.78. The Bertz CT molecular complexity index is 1410. The van der Waals surface area contributed by atoms with Crippen LogP contribution in [0.5, 0.6) is 0 Å². The van der Waals surface area contributed by atoms with Gasteiger partial charge in [0, 0.05) is 25.2 Å². The number of rotatable bonds is 12. The molecule has 0 bridgehead atoms. The Hall–Kier alpha value is -4.25. The summed E-state index contributed by atoms with van der Waals surface area (Å²) in [6.07, 6.45) is 0.312. The van der Waals surface area contributed by atoms with Crippen LogP contribution in [0, 0.1) is 17.0 Å². The van der Waals surface area contributed by atoms with Crippen LogP contribution in [-0.4, -0.2) is 49.2 Å². The second-order valence-corrected chi connectivity index (χ2v) is 10.7. The number of sulfonamides is 1. The van der Waals surface area contributed by atoms with Crippen molar-refractivity contribution < 1.29 is 22.9 Å². The lowest BCUT2D eigenvalue weighted by Crippen LogP contribution is -2.52. The molecule has 1 N–H and O–H groups in total. The molecule has 206 valence electrons. The van der Waals surface area contributed by atoms with Crippen molar-refractivity contribution in [2.45, 2.75) is 44.7 Å². The number of likely N-dealkylation sites (N-methyl/N-ethyl adjacent to an activating group) is 1. The topological polar surface area (TPSA) is 130 Å². The highest BCUT2D eigenvalue weighted by molar-refractivity contribution is 7.92. The monoisotopic (exact) mass is 552 g/mol. The molecule has 39 heavy (non-hydrogen) atoms. The second kappa shape index (κ2) is 13.0. The van der Waals surface area contributed by atoms with E-state index < -0.39 is 33.4 Å². The van der Waals surface area contributed by atoms with Gasteiger partial charge in [-0.1, -0.05) is 49.4 Å². The van der Waals surface area contributed by atoms with E-state index in [2.05, 4.69) is 5.32 Å². The first kappa shape index (κ1) is 29.3. The number of nitro groups is 1. The lowest BCUT2D eigenvalue weighted by molar-refractivity contribution is -0.384. The Morgan fingerprint density at radius 3 is 2.13 bits per heavy atom. The maximum absolute atomic E-state index is 13.9. The molecule has 0 aromatic heterocycles. The van der Waals surface area contributed by atoms with Crippen LogP contribution in [0.4, 0.5) is 11.4 Å². The molecule has 2 amide bonds. The number of non-ortho nitro benzene ring substituents is 1. The van der Waals surface area contributed by atoms with Crippen LogP contribution in [-0.2, 0) is 26.2 Å². The number of nitro benzene ring substituents is 1. The molecule has 0 aliphatic heterocycles. The molecular formula is C28H32N4O6S. The molecule has 3 rings (SSSR count). The predicted molar refractivity (Wildman–Crippen MR) is 149 cm³/mol. The molecule has 3 aromatic carbocycles. The maximum atomic E-state index is 13.9. The summed E-state index contributed by atoms with van der Waals surface area (Å²) in [5, 5.41) is 13.9. The van der Waals surface area contributed by atoms with Gasteiger partial charge in [0.1, 0.15) is 12.6 Å². The summed E-state index contributed by atoms with van der Waals surface area (Å²) < 4.78 is 28.4. The third-order valence-corrected chi connectivity index (χ3v) is 8.09. The van der Waals surface area contributed by atoms with Crippen LogP contribution in [0.2, 0.25) is 0 Å². The lowest BCUT2D eigenvalue weighted by atomic mass is 10.1. The van der Waals surface area contributed by atoms with Gasteiger partial charge >= 0.3 is 0 Å². The van der Waals surface area contributed by atoms with Gasteiger partial charge < -0.3 is 10.2 Å². The number of hydrogen-bond acceptors (Lipinski definition) is 6. The molecule has 0 saturated heterocycles. The van der Waals surface area contributed by atoms with Crippen molar-refractivity contribution in [1.82, 2.24) is 10.2 Å². The van der Waals surface area contributed by atoms with Gasteiger partial charge in [-0.2, -0.15) is 0 Å². The van der Waals surface area contributed by atoms with Gasteiger partial charge in [-0.15, -0.1) is 0 Å². The zero-order valence-corrected chi connectivity index (χ0v) is 22.9. The Morgan fingerprint density at radius 1 is 0.949 bits per heavy atom. The van der Waals surface area contributed by atoms with Gasteiger partial charge in [-0.25, -0.2) is 8.42 Å². The van der Waals surface area contributed by atoms with E-state index in [1.165, 1.54) is 41.3 Å². The number of nitrogens with zero attached hydrogens (tertiary/aromatic N) is 3. The van der Waals surface area contributed by atoms with Crippen molar-refractivity contribution in [3.63, 3.8) is 0 Å². The fourth-order valence-electron chi connectivity index (χ4n) is 4.17. The molecule has 0 unspecified atom stereocenters. The van der Waals surface area contributed by atoms with E-state index in [0.717, 1.165) is 15.4 Å². The van der Waals surface area contributed by atoms with Crippen molar-refractivity contribution in [1.29, 1.82) is 0 Å². The Morgan fingerprint density at radius 2 is 1.56 bits per heavy atom. The van der Waals surface area contributed by atoms with E-state index in [-0.39, 0.29) is 28.7 Å². The number of amides is 2. The largest absolute Gasteiger partial charge is 0.355 e. The van der Waals surface area contributed by atoms with E-state index in [1.54, 1.807) is 32.0 Å². The number of carbonyl (C=O) groups is 2. The number of benzene rings is 3. The van der Waals surface area contributed by atoms with Crippen LogP contribution < -0.4 is 9.62 Å². The highest BCUT2D eigenvalue weighted by Gasteiger charge is 2.33. The van der Waals surface area contributed by atoms with E-state index >= 15 is 0 Å². The van der Waals surface area contributed by atoms with Crippen molar-refractivity contribution in [3.05, 3.63) is 100 Å². The molecule has 0 saturated carbocycles. The number of anilines is 1. The molecule has 0 aliphatic carbocycles. The fraction of sp³-hybridized carbons (Fsp3) is 0.286. The highest BCUT2D eigenvalue weighted by atomic mass is 32.2. The summed E-state index contributed by atoms with van der Waals surface area (Å²) in [6, 6.07) is 19.2. The zero-order chi connectivity index (χ0) is 28.6. The summed E-state index contributed by atoms with van der Waals surface area (Å²) in [6.45, 7) is 5.32. The third kappa shape index (κ3) is 6.99. The minimum atomic E-state index is -4.24. The van der Waals surface area contributed by atoms with Gasteiger partial charge in [-0.3, -0.25) is 24.0 Å². The molecule has 0 heterocycles. The first-order valence-corrected chi connectivity index (χ1v) is 14.0. The van der Waals surface area contributed by atoms with Gasteiger partial charge in [0.2, 0.25) is 11.8 Å². The van der Waals surface area contributed by atoms with Crippen molar-refractivity contribution in [3.8, 4) is 0 Å². The standard InChI is InChI=1S/C28H32N4O6S/c1-4-26(28(34)29-5-2)30(19-22-12-10-9-11-21(22)3)27(33)20-31(23-15-17-24(18-16-23)32(35)36)39(37,38)25-13-7-6-8-14-25/h6-18,26H,4-5,19-20H2,1-3H3,(H,29,34)/t26-/m0/s1. The molecule has 0 spiro atoms. The Balaban J connectivity index is 2.08. The van der Waals surface area contributed by atoms with E-state index in [1.807, 2.05) is 31.2 Å². The average Bonchev–Trinajstić information content (AvgIpc) is 2.93. The smallest absolute Gasteiger partial charge is 0.269 e. The van der Waals surface area contributed by atoms with E-state index in [4.69, 9.17) is 0 Å². The summed E-state index contributed by atoms with van der Waals surface area (Å²) >= 11 is 0. The van der Waals surface area contributed by atoms with Crippen LogP contribution >= 0.6 is 0 Å². The van der Waals surface area contributed by atoms with Crippen LogP contribution in [0.1, 0.15) is 31.4 Å². The molecule has 11 heteroatoms. The van der Waals surface area contributed by atoms with Crippen molar-refractivity contribution in [2.24, 2.45) is 0 Å². The Labute approximate surface area is 228 Å². The molecular weight excluding hydrogens is 520 g/mol. The van der Waals surface area contributed by atoms with Crippen LogP contribution in [0.15, 0.2) is 83.8 Å². The number of aryl methyl sites for hydroxylation is 1. The normalized spacial score (nSPS) is 11.9. The number of carbonyl (C=O) groups excluding carboxylic acids is 2. The van der Waals surface area contributed by atoms with E-state index in [9.17, 15) is 28.1 Å². The summed E-state index contributed by atoms with van der Waals surface area (Å²) in [5.41, 5.74) is 1.61. The minimum absolute atomic E-state index is 0.0441. The van der Waals surface area contributed by atoms with Crippen molar-refractivity contribution in [2.75, 3.05) is 17.4 Å². The molecule has 3 aromatic rings. The second-order valence-electron chi connectivity index (χ2n) is 8.86. The van der Waals surface area contributed by atoms with Crippen LogP contribution in [0.25, 0.3) is 0 Å². The summed E-state index contributed by atoms with van der Waals surface area (Å²) in [5.74, 6) is -0.927. The average molecular weight is 553 g/mol. The van der Waals surface area contributed by atoms with Crippen molar-refractivity contribution >= 4 is 33.2 Å². The summed E-state index contributed by atoms with van der Waals surface area (Å²) in [4.78, 5) is 38.8. The van der Waals surface area contributed by atoms with Gasteiger partial charge in [0.15, 0.2) is 0 Å². The SMILES string of the molecule is CCNC(=O)[C@H](CC)N(Cc1ccccc1C)C(=O)CN(c1ccc([N+](=O)[O-])cc1)S(=O)(=O)c1ccccc1. The molecule has 1 atom stereocenters. The highest BCUT2D eigenvalue weighted by Crippen LogP contribution is 2.27. The molecule has 0 radical (unpaired) electrons. The minimum Gasteiger partial charge on any atom is -0.355 e. The van der Waals surface area contributed by atoms with Gasteiger partial charge in [-0.05, 0) is 55.7 Å². The number of hydrogen-bond donors (Lipinski definition) is 1. The summed E-state index contributed by atoms with van der Waals surface area (Å²) in [7, 11) is -4.24. The fourth-order valence-corrected chi connectivity index (χ4v) is 5.61. The van der Waals surface area contributed by atoms with Gasteiger partial charge in [0.25, 0.3) is 15.7 Å². The third-order valence-electron chi connectivity index (χ3n) is 6.30. The maximum Gasteiger partial charge on any atom is 0.269 e. The lowest BCUT2D eigenvalue weighted by Gasteiger charge is -2.33. The molecule has 0 aliphatic rings. The quantitative estimate of drug-likeness (QED) is 0.267. The first-order valence-electron chi connectivity index (χ1n) is 12.5. The molecule has 10 nitrogen and oxygen atoms in total. The van der Waals surface area contributed by atoms with Crippen LogP contribution in [0.3, 0.4) is 0 Å².